The Balaban J connectivity index is 2.13. The van der Waals surface area contributed by atoms with Gasteiger partial charge in [0.05, 0.1) is 6.61 Å². The number of nitrogens with zero attached hydrogens (tertiary/aromatic N) is 1. The summed E-state index contributed by atoms with van der Waals surface area (Å²) in [6.07, 6.45) is 1.07. The van der Waals surface area contributed by atoms with Gasteiger partial charge < -0.3 is 15.3 Å². The molecule has 1 aromatic rings. The van der Waals surface area contributed by atoms with Crippen LogP contribution in [0.3, 0.4) is 0 Å². The Hall–Kier alpha value is -1.06. The summed E-state index contributed by atoms with van der Waals surface area (Å²) in [5.41, 5.74) is 4.10. The molecule has 17 heavy (non-hydrogen) atoms. The van der Waals surface area contributed by atoms with E-state index in [0.717, 1.165) is 26.1 Å². The van der Waals surface area contributed by atoms with Crippen LogP contribution in [0.15, 0.2) is 18.2 Å². The average molecular weight is 232 g/mol. The van der Waals surface area contributed by atoms with E-state index in [1.54, 1.807) is 0 Å². The molecule has 92 valence electrons. The number of hydrogen-bond acceptors (Lipinski definition) is 3. The number of benzene rings is 1. The lowest BCUT2D eigenvalue weighted by Gasteiger charge is -2.38. The zero-order valence-electron chi connectivity index (χ0n) is 10.3. The van der Waals surface area contributed by atoms with Gasteiger partial charge in [-0.1, -0.05) is 18.2 Å². The van der Waals surface area contributed by atoms with Gasteiger partial charge in [-0.05, 0) is 24.5 Å². The molecule has 2 atom stereocenters. The predicted octanol–water partition coefficient (Wildman–Crippen LogP) is 1.46. The number of rotatable bonds is 1. The van der Waals surface area contributed by atoms with Crippen LogP contribution >= 0.6 is 0 Å². The molecule has 3 nitrogen and oxygen atoms in total. The fraction of sp³-hybridized carbons (Fsp3) is 0.571. The van der Waals surface area contributed by atoms with Crippen molar-refractivity contribution < 1.29 is 5.11 Å². The SMILES string of the molecule is CC1CNCc2cccc3c2N1CCC3CO. The molecule has 3 rings (SSSR count). The molecule has 0 radical (unpaired) electrons. The standard InChI is InChI=1S/C14H20N2O/c1-10-7-15-8-11-3-2-4-13-12(9-17)5-6-16(10)14(11)13/h2-4,10,12,15,17H,5-9H2,1H3. The second-order valence-corrected chi connectivity index (χ2v) is 5.20. The molecular weight excluding hydrogens is 212 g/mol. The minimum Gasteiger partial charge on any atom is -0.396 e. The number of aliphatic hydroxyl groups excluding tert-OH is 1. The highest BCUT2D eigenvalue weighted by atomic mass is 16.3. The third kappa shape index (κ3) is 1.74. The summed E-state index contributed by atoms with van der Waals surface area (Å²) in [5, 5.41) is 13.0. The lowest BCUT2D eigenvalue weighted by molar-refractivity contribution is 0.256. The van der Waals surface area contributed by atoms with Crippen molar-refractivity contribution in [1.82, 2.24) is 5.32 Å². The molecular formula is C14H20N2O. The largest absolute Gasteiger partial charge is 0.396 e. The Bertz CT molecular complexity index is 419. The van der Waals surface area contributed by atoms with Crippen molar-refractivity contribution in [3.05, 3.63) is 29.3 Å². The smallest absolute Gasteiger partial charge is 0.0501 e. The maximum Gasteiger partial charge on any atom is 0.0501 e. The second kappa shape index (κ2) is 4.31. The van der Waals surface area contributed by atoms with Crippen LogP contribution in [0.1, 0.15) is 30.4 Å². The molecule has 0 aliphatic carbocycles. The monoisotopic (exact) mass is 232 g/mol. The van der Waals surface area contributed by atoms with Crippen LogP contribution in [-0.2, 0) is 6.54 Å². The van der Waals surface area contributed by atoms with E-state index in [-0.39, 0.29) is 6.61 Å². The number of para-hydroxylation sites is 1. The van der Waals surface area contributed by atoms with Crippen molar-refractivity contribution >= 4 is 5.69 Å². The lowest BCUT2D eigenvalue weighted by atomic mass is 9.88. The van der Waals surface area contributed by atoms with E-state index in [0.29, 0.717) is 12.0 Å². The second-order valence-electron chi connectivity index (χ2n) is 5.20. The van der Waals surface area contributed by atoms with Gasteiger partial charge in [-0.15, -0.1) is 0 Å². The van der Waals surface area contributed by atoms with Gasteiger partial charge in [0.2, 0.25) is 0 Å². The first kappa shape index (κ1) is 11.1. The fourth-order valence-electron chi connectivity index (χ4n) is 3.15. The van der Waals surface area contributed by atoms with Crippen LogP contribution in [0.5, 0.6) is 0 Å². The van der Waals surface area contributed by atoms with E-state index in [1.165, 1.54) is 16.8 Å². The van der Waals surface area contributed by atoms with Crippen molar-refractivity contribution in [1.29, 1.82) is 0 Å². The van der Waals surface area contributed by atoms with Crippen molar-refractivity contribution in [3.8, 4) is 0 Å². The zero-order valence-corrected chi connectivity index (χ0v) is 10.3. The first-order valence-electron chi connectivity index (χ1n) is 6.51. The van der Waals surface area contributed by atoms with E-state index < -0.39 is 0 Å². The van der Waals surface area contributed by atoms with Gasteiger partial charge in [-0.3, -0.25) is 0 Å². The van der Waals surface area contributed by atoms with Gasteiger partial charge in [0.1, 0.15) is 0 Å². The van der Waals surface area contributed by atoms with Crippen LogP contribution in [0.25, 0.3) is 0 Å². The molecule has 2 aliphatic heterocycles. The predicted molar refractivity (Wildman–Crippen MR) is 69.4 cm³/mol. The number of anilines is 1. The zero-order chi connectivity index (χ0) is 11.8. The summed E-state index contributed by atoms with van der Waals surface area (Å²) in [4.78, 5) is 2.51. The third-order valence-electron chi connectivity index (χ3n) is 4.10. The molecule has 0 saturated heterocycles. The fourth-order valence-corrected chi connectivity index (χ4v) is 3.15. The quantitative estimate of drug-likeness (QED) is 0.769. The summed E-state index contributed by atoms with van der Waals surface area (Å²) in [6, 6.07) is 7.05. The van der Waals surface area contributed by atoms with Crippen molar-refractivity contribution in [2.24, 2.45) is 0 Å². The molecule has 0 spiro atoms. The summed E-state index contributed by atoms with van der Waals surface area (Å²) in [5.74, 6) is 0.325. The summed E-state index contributed by atoms with van der Waals surface area (Å²) in [7, 11) is 0. The van der Waals surface area contributed by atoms with Crippen LogP contribution < -0.4 is 10.2 Å². The molecule has 2 N–H and O–H groups in total. The van der Waals surface area contributed by atoms with Crippen molar-refractivity contribution in [3.63, 3.8) is 0 Å². The van der Waals surface area contributed by atoms with Crippen LogP contribution in [0.2, 0.25) is 0 Å². The maximum atomic E-state index is 9.51. The molecule has 0 saturated carbocycles. The Morgan fingerprint density at radius 3 is 3.18 bits per heavy atom. The van der Waals surface area contributed by atoms with Gasteiger partial charge in [-0.2, -0.15) is 0 Å². The Morgan fingerprint density at radius 2 is 2.35 bits per heavy atom. The van der Waals surface area contributed by atoms with Crippen LogP contribution in [-0.4, -0.2) is 30.8 Å². The molecule has 0 fully saturated rings. The van der Waals surface area contributed by atoms with Crippen LogP contribution in [0, 0.1) is 0 Å². The topological polar surface area (TPSA) is 35.5 Å². The minimum absolute atomic E-state index is 0.270. The lowest BCUT2D eigenvalue weighted by Crippen LogP contribution is -2.42. The summed E-state index contributed by atoms with van der Waals surface area (Å²) in [6.45, 7) is 5.60. The van der Waals surface area contributed by atoms with E-state index in [4.69, 9.17) is 0 Å². The maximum absolute atomic E-state index is 9.51. The highest BCUT2D eigenvalue weighted by molar-refractivity contribution is 5.64. The molecule has 2 aliphatic rings. The number of nitrogens with one attached hydrogen (secondary N) is 1. The van der Waals surface area contributed by atoms with Crippen LogP contribution in [0.4, 0.5) is 5.69 Å². The highest BCUT2D eigenvalue weighted by Gasteiger charge is 2.30. The van der Waals surface area contributed by atoms with Gasteiger partial charge >= 0.3 is 0 Å². The first-order chi connectivity index (χ1) is 8.31. The molecule has 3 heteroatoms. The summed E-state index contributed by atoms with van der Waals surface area (Å²) >= 11 is 0. The average Bonchev–Trinajstić information content (AvgIpc) is 2.52. The molecule has 1 aromatic carbocycles. The Morgan fingerprint density at radius 1 is 1.47 bits per heavy atom. The molecule has 0 amide bonds. The van der Waals surface area contributed by atoms with Gasteiger partial charge in [0.15, 0.2) is 0 Å². The number of hydrogen-bond donors (Lipinski definition) is 2. The van der Waals surface area contributed by atoms with Gasteiger partial charge in [0, 0.05) is 37.3 Å². The molecule has 2 unspecified atom stereocenters. The summed E-state index contributed by atoms with van der Waals surface area (Å²) < 4.78 is 0. The van der Waals surface area contributed by atoms with Gasteiger partial charge in [-0.25, -0.2) is 0 Å². The number of aliphatic hydroxyl groups is 1. The molecule has 0 aromatic heterocycles. The van der Waals surface area contributed by atoms with E-state index in [2.05, 4.69) is 35.3 Å². The molecule has 0 bridgehead atoms. The van der Waals surface area contributed by atoms with Crippen molar-refractivity contribution in [2.45, 2.75) is 31.8 Å². The third-order valence-corrected chi connectivity index (χ3v) is 4.10. The highest BCUT2D eigenvalue weighted by Crippen LogP contribution is 2.39. The minimum atomic E-state index is 0.270. The van der Waals surface area contributed by atoms with Crippen molar-refractivity contribution in [2.75, 3.05) is 24.6 Å². The Kier molecular flexibility index (Phi) is 2.81. The van der Waals surface area contributed by atoms with E-state index in [1.807, 2.05) is 0 Å². The van der Waals surface area contributed by atoms with E-state index in [9.17, 15) is 5.11 Å². The molecule has 2 heterocycles. The Labute approximate surface area is 102 Å². The first-order valence-corrected chi connectivity index (χ1v) is 6.51. The normalized spacial score (nSPS) is 27.5. The van der Waals surface area contributed by atoms with E-state index >= 15 is 0 Å². The van der Waals surface area contributed by atoms with Gasteiger partial charge in [0.25, 0.3) is 0 Å².